The van der Waals surface area contributed by atoms with Crippen molar-refractivity contribution in [2.24, 2.45) is 5.92 Å². The van der Waals surface area contributed by atoms with Crippen molar-refractivity contribution in [1.29, 1.82) is 0 Å². The number of nitrogens with zero attached hydrogens (tertiary/aromatic N) is 1. The predicted octanol–water partition coefficient (Wildman–Crippen LogP) is 3.08. The minimum Gasteiger partial charge on any atom is -0.487 e. The van der Waals surface area contributed by atoms with E-state index in [2.05, 4.69) is 16.3 Å². The van der Waals surface area contributed by atoms with E-state index in [9.17, 15) is 14.4 Å². The van der Waals surface area contributed by atoms with Gasteiger partial charge in [0.1, 0.15) is 11.4 Å². The number of ether oxygens (including phenoxy) is 1. The summed E-state index contributed by atoms with van der Waals surface area (Å²) in [4.78, 5) is 38.6. The molecule has 1 N–H and O–H groups in total. The minimum atomic E-state index is -0.264. The number of fused-ring (bicyclic) bond motifs is 1. The van der Waals surface area contributed by atoms with Gasteiger partial charge in [-0.1, -0.05) is 31.4 Å². The summed E-state index contributed by atoms with van der Waals surface area (Å²) in [6.07, 6.45) is 9.21. The van der Waals surface area contributed by atoms with Gasteiger partial charge in [0.05, 0.1) is 5.92 Å². The molecule has 6 nitrogen and oxygen atoms in total. The zero-order valence-electron chi connectivity index (χ0n) is 17.5. The number of carbonyl (C=O) groups is 3. The van der Waals surface area contributed by atoms with E-state index in [4.69, 9.17) is 4.74 Å². The Morgan fingerprint density at radius 2 is 1.83 bits per heavy atom. The van der Waals surface area contributed by atoms with Crippen molar-refractivity contribution in [1.82, 2.24) is 10.2 Å². The molecule has 1 aromatic carbocycles. The molecule has 30 heavy (non-hydrogen) atoms. The molecule has 1 aliphatic carbocycles. The Morgan fingerprint density at radius 3 is 2.57 bits per heavy atom. The van der Waals surface area contributed by atoms with Gasteiger partial charge in [0, 0.05) is 44.7 Å². The molecule has 0 bridgehead atoms. The van der Waals surface area contributed by atoms with Crippen molar-refractivity contribution >= 4 is 17.7 Å². The fourth-order valence-corrected chi connectivity index (χ4v) is 5.70. The molecular formula is C24H30N2O4. The SMILES string of the molecule is O=C1CCC(c2ccc3c(c2)CC2(CCN(C(=O)C4CCCCC4)CC2)O3)C(=O)N1. The summed E-state index contributed by atoms with van der Waals surface area (Å²) < 4.78 is 6.40. The lowest BCUT2D eigenvalue weighted by Crippen LogP contribution is -2.50. The zero-order valence-corrected chi connectivity index (χ0v) is 17.5. The number of hydrogen-bond donors (Lipinski definition) is 1. The van der Waals surface area contributed by atoms with Gasteiger partial charge in [-0.2, -0.15) is 0 Å². The molecule has 3 fully saturated rings. The van der Waals surface area contributed by atoms with Crippen LogP contribution in [-0.2, 0) is 20.8 Å². The molecule has 1 aromatic rings. The van der Waals surface area contributed by atoms with Crippen LogP contribution in [0.1, 0.15) is 74.8 Å². The molecule has 3 heterocycles. The number of piperidine rings is 2. The van der Waals surface area contributed by atoms with Crippen molar-refractivity contribution in [2.45, 2.75) is 75.7 Å². The fourth-order valence-electron chi connectivity index (χ4n) is 5.70. The van der Waals surface area contributed by atoms with Gasteiger partial charge < -0.3 is 9.64 Å². The predicted molar refractivity (Wildman–Crippen MR) is 111 cm³/mol. The van der Waals surface area contributed by atoms with Gasteiger partial charge in [-0.05, 0) is 36.5 Å². The van der Waals surface area contributed by atoms with Gasteiger partial charge >= 0.3 is 0 Å². The van der Waals surface area contributed by atoms with E-state index in [0.717, 1.165) is 62.1 Å². The Bertz CT molecular complexity index is 866. The van der Waals surface area contributed by atoms with Crippen molar-refractivity contribution in [3.8, 4) is 5.75 Å². The first kappa shape index (κ1) is 19.6. The van der Waals surface area contributed by atoms with Crippen molar-refractivity contribution in [2.75, 3.05) is 13.1 Å². The highest BCUT2D eigenvalue weighted by Gasteiger charge is 2.44. The van der Waals surface area contributed by atoms with Crippen LogP contribution in [0.25, 0.3) is 0 Å². The number of carbonyl (C=O) groups excluding carboxylic acids is 3. The van der Waals surface area contributed by atoms with Gasteiger partial charge in [-0.15, -0.1) is 0 Å². The summed E-state index contributed by atoms with van der Waals surface area (Å²) in [6.45, 7) is 1.53. The second-order valence-corrected chi connectivity index (χ2v) is 9.49. The van der Waals surface area contributed by atoms with Gasteiger partial charge in [0.15, 0.2) is 0 Å². The van der Waals surface area contributed by atoms with Crippen LogP contribution in [0.15, 0.2) is 18.2 Å². The first-order valence-electron chi connectivity index (χ1n) is 11.5. The van der Waals surface area contributed by atoms with Crippen molar-refractivity contribution in [3.63, 3.8) is 0 Å². The van der Waals surface area contributed by atoms with E-state index in [0.29, 0.717) is 18.7 Å². The molecular weight excluding hydrogens is 380 g/mol. The van der Waals surface area contributed by atoms with Crippen LogP contribution in [0.2, 0.25) is 0 Å². The lowest BCUT2D eigenvalue weighted by atomic mass is 9.84. The van der Waals surface area contributed by atoms with Crippen LogP contribution in [-0.4, -0.2) is 41.3 Å². The molecule has 160 valence electrons. The summed E-state index contributed by atoms with van der Waals surface area (Å²) in [6, 6.07) is 6.02. The second kappa shape index (κ2) is 7.71. The summed E-state index contributed by atoms with van der Waals surface area (Å²) in [7, 11) is 0. The first-order valence-corrected chi connectivity index (χ1v) is 11.5. The van der Waals surface area contributed by atoms with Crippen molar-refractivity contribution < 1.29 is 19.1 Å². The first-order chi connectivity index (χ1) is 14.5. The fraction of sp³-hybridized carbons (Fsp3) is 0.625. The summed E-state index contributed by atoms with van der Waals surface area (Å²) in [5.74, 6) is 0.826. The normalized spacial score (nSPS) is 26.3. The second-order valence-electron chi connectivity index (χ2n) is 9.49. The third-order valence-electron chi connectivity index (χ3n) is 7.51. The molecule has 6 heteroatoms. The minimum absolute atomic E-state index is 0.186. The molecule has 3 aliphatic heterocycles. The molecule has 1 saturated carbocycles. The summed E-state index contributed by atoms with van der Waals surface area (Å²) in [5.41, 5.74) is 1.88. The third kappa shape index (κ3) is 3.61. The van der Waals surface area contributed by atoms with Crippen LogP contribution < -0.4 is 10.1 Å². The average Bonchev–Trinajstić information content (AvgIpc) is 3.11. The van der Waals surface area contributed by atoms with Crippen LogP contribution >= 0.6 is 0 Å². The third-order valence-corrected chi connectivity index (χ3v) is 7.51. The maximum Gasteiger partial charge on any atom is 0.234 e. The Morgan fingerprint density at radius 1 is 1.07 bits per heavy atom. The Kier molecular flexibility index (Phi) is 5.03. The average molecular weight is 411 g/mol. The van der Waals surface area contributed by atoms with E-state index in [1.165, 1.54) is 19.3 Å². The van der Waals surface area contributed by atoms with Crippen LogP contribution in [0.4, 0.5) is 0 Å². The molecule has 3 amide bonds. The van der Waals surface area contributed by atoms with Gasteiger partial charge in [0.2, 0.25) is 17.7 Å². The number of rotatable bonds is 2. The van der Waals surface area contributed by atoms with Crippen LogP contribution in [0.3, 0.4) is 0 Å². The maximum absolute atomic E-state index is 12.9. The molecule has 0 aromatic heterocycles. The van der Waals surface area contributed by atoms with E-state index in [1.807, 2.05) is 12.1 Å². The molecule has 1 atom stereocenters. The zero-order chi connectivity index (χ0) is 20.7. The lowest BCUT2D eigenvalue weighted by molar-refractivity contribution is -0.140. The number of amides is 3. The largest absolute Gasteiger partial charge is 0.487 e. The van der Waals surface area contributed by atoms with E-state index < -0.39 is 0 Å². The number of likely N-dealkylation sites (tertiary alicyclic amines) is 1. The highest BCUT2D eigenvalue weighted by atomic mass is 16.5. The molecule has 1 spiro atoms. The lowest BCUT2D eigenvalue weighted by Gasteiger charge is -2.40. The Labute approximate surface area is 177 Å². The quantitative estimate of drug-likeness (QED) is 0.761. The summed E-state index contributed by atoms with van der Waals surface area (Å²) in [5, 5.41) is 2.45. The monoisotopic (exact) mass is 410 g/mol. The van der Waals surface area contributed by atoms with Gasteiger partial charge in [0.25, 0.3) is 0 Å². The van der Waals surface area contributed by atoms with Crippen LogP contribution in [0.5, 0.6) is 5.75 Å². The topological polar surface area (TPSA) is 75.7 Å². The number of hydrogen-bond acceptors (Lipinski definition) is 4. The van der Waals surface area contributed by atoms with E-state index >= 15 is 0 Å². The number of imide groups is 1. The van der Waals surface area contributed by atoms with Gasteiger partial charge in [-0.3, -0.25) is 19.7 Å². The maximum atomic E-state index is 12.9. The smallest absolute Gasteiger partial charge is 0.234 e. The van der Waals surface area contributed by atoms with Crippen molar-refractivity contribution in [3.05, 3.63) is 29.3 Å². The Hall–Kier alpha value is -2.37. The molecule has 1 unspecified atom stereocenters. The number of nitrogens with one attached hydrogen (secondary N) is 1. The number of benzene rings is 1. The Balaban J connectivity index is 1.23. The van der Waals surface area contributed by atoms with Gasteiger partial charge in [-0.25, -0.2) is 0 Å². The molecule has 2 saturated heterocycles. The van der Waals surface area contributed by atoms with E-state index in [1.54, 1.807) is 0 Å². The highest BCUT2D eigenvalue weighted by Crippen LogP contribution is 2.43. The van der Waals surface area contributed by atoms with E-state index in [-0.39, 0.29) is 29.3 Å². The molecule has 5 rings (SSSR count). The highest BCUT2D eigenvalue weighted by molar-refractivity contribution is 6.00. The van der Waals surface area contributed by atoms with Crippen LogP contribution in [0, 0.1) is 5.92 Å². The summed E-state index contributed by atoms with van der Waals surface area (Å²) >= 11 is 0. The molecule has 4 aliphatic rings. The standard InChI is InChI=1S/C24H30N2O4/c27-21-9-7-19(22(28)25-21)17-6-8-20-18(14-17)15-24(30-20)10-12-26(13-11-24)23(29)16-4-2-1-3-5-16/h6,8,14,16,19H,1-5,7,9-13,15H2,(H,25,27,28). The molecule has 0 radical (unpaired) electrons.